The first-order valence-corrected chi connectivity index (χ1v) is 7.50. The van der Waals surface area contributed by atoms with Gasteiger partial charge in [-0.15, -0.1) is 0 Å². The van der Waals surface area contributed by atoms with Crippen LogP contribution in [0, 0.1) is 0 Å². The number of hydrogen-bond acceptors (Lipinski definition) is 6. The van der Waals surface area contributed by atoms with Crippen LogP contribution in [0.15, 0.2) is 48.5 Å². The Hall–Kier alpha value is -3.02. The molecule has 0 aliphatic heterocycles. The monoisotopic (exact) mass is 328 g/mol. The van der Waals surface area contributed by atoms with E-state index in [-0.39, 0.29) is 0 Å². The molecule has 126 valence electrons. The molecule has 0 saturated heterocycles. The third kappa shape index (κ3) is 4.49. The fourth-order valence-electron chi connectivity index (χ4n) is 1.90. The summed E-state index contributed by atoms with van der Waals surface area (Å²) in [6, 6.07) is 12.8. The molecule has 24 heavy (non-hydrogen) atoms. The third-order valence-corrected chi connectivity index (χ3v) is 3.54. The van der Waals surface area contributed by atoms with Gasteiger partial charge < -0.3 is 20.9 Å². The zero-order valence-electron chi connectivity index (χ0n) is 13.6. The molecular formula is C18H20N2O4. The van der Waals surface area contributed by atoms with Crippen LogP contribution in [-0.4, -0.2) is 24.1 Å². The first-order chi connectivity index (χ1) is 11.4. The van der Waals surface area contributed by atoms with Gasteiger partial charge in [0.2, 0.25) is 0 Å². The van der Waals surface area contributed by atoms with Gasteiger partial charge in [-0.3, -0.25) is 0 Å². The van der Waals surface area contributed by atoms with E-state index in [1.807, 2.05) is 0 Å². The van der Waals surface area contributed by atoms with Gasteiger partial charge in [-0.05, 0) is 62.4 Å². The summed E-state index contributed by atoms with van der Waals surface area (Å²) in [6.07, 6.45) is -1.21. The van der Waals surface area contributed by atoms with Crippen LogP contribution in [-0.2, 0) is 9.47 Å². The molecule has 0 fully saturated rings. The average Bonchev–Trinajstić information content (AvgIpc) is 2.55. The van der Waals surface area contributed by atoms with Gasteiger partial charge in [0.15, 0.2) is 0 Å². The number of nitrogen functional groups attached to an aromatic ring is 2. The van der Waals surface area contributed by atoms with E-state index in [0.29, 0.717) is 22.5 Å². The van der Waals surface area contributed by atoms with E-state index in [0.717, 1.165) is 0 Å². The molecule has 6 nitrogen and oxygen atoms in total. The van der Waals surface area contributed by atoms with Crippen LogP contribution in [0.25, 0.3) is 0 Å². The normalized spacial score (nSPS) is 12.9. The van der Waals surface area contributed by atoms with Gasteiger partial charge in [0.25, 0.3) is 0 Å². The Morgan fingerprint density at radius 2 is 1.00 bits per heavy atom. The molecule has 0 heterocycles. The Labute approximate surface area is 140 Å². The SMILES string of the molecule is CC(OC(=O)c1ccc(N)cc1)C(C)OC(=O)c1ccc(N)cc1. The predicted octanol–water partition coefficient (Wildman–Crippen LogP) is 2.64. The number of carbonyl (C=O) groups excluding carboxylic acids is 2. The molecular weight excluding hydrogens is 308 g/mol. The molecule has 0 amide bonds. The molecule has 2 atom stereocenters. The minimum absolute atomic E-state index is 0.383. The summed E-state index contributed by atoms with van der Waals surface area (Å²) in [7, 11) is 0. The molecule has 2 aromatic rings. The maximum Gasteiger partial charge on any atom is 0.338 e. The van der Waals surface area contributed by atoms with E-state index in [4.69, 9.17) is 20.9 Å². The summed E-state index contributed by atoms with van der Waals surface area (Å²) in [5.41, 5.74) is 13.0. The molecule has 0 radical (unpaired) electrons. The summed E-state index contributed by atoms with van der Waals surface area (Å²) < 4.78 is 10.6. The molecule has 0 spiro atoms. The van der Waals surface area contributed by atoms with Gasteiger partial charge in [-0.1, -0.05) is 0 Å². The Bertz CT molecular complexity index is 647. The van der Waals surface area contributed by atoms with Gasteiger partial charge in [0, 0.05) is 11.4 Å². The number of ether oxygens (including phenoxy) is 2. The van der Waals surface area contributed by atoms with Crippen molar-refractivity contribution in [3.05, 3.63) is 59.7 Å². The summed E-state index contributed by atoms with van der Waals surface area (Å²) in [6.45, 7) is 3.33. The van der Waals surface area contributed by atoms with Crippen molar-refractivity contribution >= 4 is 23.3 Å². The fourth-order valence-corrected chi connectivity index (χ4v) is 1.90. The van der Waals surface area contributed by atoms with Crippen molar-refractivity contribution in [2.45, 2.75) is 26.1 Å². The first kappa shape index (κ1) is 17.3. The third-order valence-electron chi connectivity index (χ3n) is 3.54. The minimum Gasteiger partial charge on any atom is -0.455 e. The molecule has 2 aromatic carbocycles. The summed E-state index contributed by atoms with van der Waals surface area (Å²) >= 11 is 0. The summed E-state index contributed by atoms with van der Waals surface area (Å²) in [5, 5.41) is 0. The number of nitrogens with two attached hydrogens (primary N) is 2. The summed E-state index contributed by atoms with van der Waals surface area (Å²) in [5.74, 6) is -1.00. The Kier molecular flexibility index (Phi) is 5.42. The number of carbonyl (C=O) groups is 2. The number of hydrogen-bond donors (Lipinski definition) is 2. The second-order valence-electron chi connectivity index (χ2n) is 5.46. The van der Waals surface area contributed by atoms with Gasteiger partial charge in [0.1, 0.15) is 12.2 Å². The van der Waals surface area contributed by atoms with Crippen molar-refractivity contribution < 1.29 is 19.1 Å². The second-order valence-corrected chi connectivity index (χ2v) is 5.46. The highest BCUT2D eigenvalue weighted by atomic mass is 16.6. The Balaban J connectivity index is 1.92. The van der Waals surface area contributed by atoms with Crippen molar-refractivity contribution in [2.24, 2.45) is 0 Å². The second kappa shape index (κ2) is 7.50. The van der Waals surface area contributed by atoms with Gasteiger partial charge in [-0.2, -0.15) is 0 Å². The van der Waals surface area contributed by atoms with Crippen LogP contribution in [0.1, 0.15) is 34.6 Å². The van der Waals surface area contributed by atoms with Crippen molar-refractivity contribution in [3.63, 3.8) is 0 Å². The topological polar surface area (TPSA) is 105 Å². The number of esters is 2. The maximum atomic E-state index is 12.0. The van der Waals surface area contributed by atoms with Crippen LogP contribution in [0.2, 0.25) is 0 Å². The van der Waals surface area contributed by atoms with Gasteiger partial charge in [-0.25, -0.2) is 9.59 Å². The fraction of sp³-hybridized carbons (Fsp3) is 0.222. The van der Waals surface area contributed by atoms with Crippen molar-refractivity contribution in [2.75, 3.05) is 11.5 Å². The molecule has 0 aliphatic rings. The first-order valence-electron chi connectivity index (χ1n) is 7.50. The highest BCUT2D eigenvalue weighted by Crippen LogP contribution is 2.13. The molecule has 2 unspecified atom stereocenters. The number of anilines is 2. The van der Waals surface area contributed by atoms with E-state index < -0.39 is 24.1 Å². The Morgan fingerprint density at radius 3 is 1.29 bits per heavy atom. The molecule has 6 heteroatoms. The molecule has 0 bridgehead atoms. The van der Waals surface area contributed by atoms with E-state index >= 15 is 0 Å². The van der Waals surface area contributed by atoms with Crippen molar-refractivity contribution in [1.82, 2.24) is 0 Å². The van der Waals surface area contributed by atoms with Crippen LogP contribution >= 0.6 is 0 Å². The maximum absolute atomic E-state index is 12.0. The average molecular weight is 328 g/mol. The lowest BCUT2D eigenvalue weighted by Crippen LogP contribution is -2.30. The lowest BCUT2D eigenvalue weighted by Gasteiger charge is -2.21. The Morgan fingerprint density at radius 1 is 0.708 bits per heavy atom. The van der Waals surface area contributed by atoms with Crippen LogP contribution < -0.4 is 11.5 Å². The lowest BCUT2D eigenvalue weighted by molar-refractivity contribution is -0.0239. The lowest BCUT2D eigenvalue weighted by atomic mass is 10.2. The minimum atomic E-state index is -0.604. The van der Waals surface area contributed by atoms with E-state index in [9.17, 15) is 9.59 Å². The van der Waals surface area contributed by atoms with Crippen LogP contribution in [0.4, 0.5) is 11.4 Å². The summed E-state index contributed by atoms with van der Waals surface area (Å²) in [4.78, 5) is 24.1. The molecule has 0 aliphatic carbocycles. The molecule has 0 aromatic heterocycles. The zero-order chi connectivity index (χ0) is 17.7. The van der Waals surface area contributed by atoms with Gasteiger partial charge >= 0.3 is 11.9 Å². The largest absolute Gasteiger partial charge is 0.455 e. The van der Waals surface area contributed by atoms with E-state index in [2.05, 4.69) is 0 Å². The number of benzene rings is 2. The molecule has 0 saturated carbocycles. The predicted molar refractivity (Wildman–Crippen MR) is 91.5 cm³/mol. The van der Waals surface area contributed by atoms with E-state index in [1.165, 1.54) is 0 Å². The van der Waals surface area contributed by atoms with Crippen molar-refractivity contribution in [3.8, 4) is 0 Å². The molecule has 2 rings (SSSR count). The quantitative estimate of drug-likeness (QED) is 0.646. The van der Waals surface area contributed by atoms with Crippen molar-refractivity contribution in [1.29, 1.82) is 0 Å². The highest BCUT2D eigenvalue weighted by Gasteiger charge is 2.22. The smallest absolute Gasteiger partial charge is 0.338 e. The number of rotatable bonds is 5. The van der Waals surface area contributed by atoms with Gasteiger partial charge in [0.05, 0.1) is 11.1 Å². The highest BCUT2D eigenvalue weighted by molar-refractivity contribution is 5.90. The van der Waals surface area contributed by atoms with Crippen LogP contribution in [0.3, 0.4) is 0 Å². The standard InChI is InChI=1S/C18H20N2O4/c1-11(23-17(21)13-3-7-15(19)8-4-13)12(2)24-18(22)14-5-9-16(20)10-6-14/h3-12H,19-20H2,1-2H3. The van der Waals surface area contributed by atoms with Crippen LogP contribution in [0.5, 0.6) is 0 Å². The molecule has 4 N–H and O–H groups in total. The van der Waals surface area contributed by atoms with E-state index in [1.54, 1.807) is 62.4 Å². The zero-order valence-corrected chi connectivity index (χ0v) is 13.6.